The molecule has 262 valence electrons. The number of amides is 2. The predicted octanol–water partition coefficient (Wildman–Crippen LogP) is 4.52. The average Bonchev–Trinajstić information content (AvgIpc) is 3.51. The number of hydrogen-bond donors (Lipinski definition) is 1. The maximum absolute atomic E-state index is 14.6. The molecular formula is C37H46FN5O5S. The number of alkyl carbamates (subject to hydrolysis) is 1. The summed E-state index contributed by atoms with van der Waals surface area (Å²) in [6.07, 6.45) is 6.63. The summed E-state index contributed by atoms with van der Waals surface area (Å²) in [4.78, 5) is 30.7. The van der Waals surface area contributed by atoms with Crippen molar-refractivity contribution in [3.8, 4) is 6.07 Å². The topological polar surface area (TPSA) is 123 Å². The number of methoxy groups -OCH3 is 1. The van der Waals surface area contributed by atoms with Crippen LogP contribution in [0.1, 0.15) is 44.6 Å². The molecule has 1 N–H and O–H groups in total. The number of allylic oxidation sites excluding steroid dienone is 1. The molecular weight excluding hydrogens is 646 g/mol. The lowest BCUT2D eigenvalue weighted by atomic mass is 9.59. The van der Waals surface area contributed by atoms with E-state index in [2.05, 4.69) is 21.2 Å². The highest BCUT2D eigenvalue weighted by Crippen LogP contribution is 2.50. The zero-order chi connectivity index (χ0) is 34.8. The lowest BCUT2D eigenvalue weighted by molar-refractivity contribution is -0.129. The van der Waals surface area contributed by atoms with Crippen LogP contribution in [0.25, 0.3) is 0 Å². The fraction of sp³-hybridized carbons (Fsp3) is 0.541. The van der Waals surface area contributed by atoms with Crippen LogP contribution >= 0.6 is 0 Å². The number of benzene rings is 2. The minimum atomic E-state index is -3.50. The van der Waals surface area contributed by atoms with E-state index in [0.717, 1.165) is 70.5 Å². The van der Waals surface area contributed by atoms with Gasteiger partial charge in [-0.3, -0.25) is 4.79 Å². The maximum atomic E-state index is 14.6. The summed E-state index contributed by atoms with van der Waals surface area (Å²) in [7, 11) is -2.16. The van der Waals surface area contributed by atoms with E-state index < -0.39 is 26.6 Å². The molecule has 3 aliphatic heterocycles. The molecule has 0 bridgehead atoms. The molecule has 3 atom stereocenters. The van der Waals surface area contributed by atoms with Crippen molar-refractivity contribution in [3.05, 3.63) is 72.1 Å². The highest BCUT2D eigenvalue weighted by atomic mass is 32.2. The SMILES string of the molecule is C/C=C/C(=O)N1CC(S(=O)(=O)c2ccc(N3CC(CN4CCC([C@@](C#N)(c5cccc(F)c5)[C@H]5CCC[C@@H]5NC(=O)OC)CC4)C3)cc2)C1. The molecule has 6 rings (SSSR count). The fourth-order valence-electron chi connectivity index (χ4n) is 8.56. The van der Waals surface area contributed by atoms with E-state index in [-0.39, 0.29) is 47.6 Å². The molecule has 4 aliphatic rings. The number of piperidine rings is 1. The summed E-state index contributed by atoms with van der Waals surface area (Å²) in [5, 5.41) is 13.3. The summed E-state index contributed by atoms with van der Waals surface area (Å²) >= 11 is 0. The number of sulfone groups is 1. The number of nitrogens with one attached hydrogen (secondary N) is 1. The smallest absolute Gasteiger partial charge is 0.407 e. The number of anilines is 1. The van der Waals surface area contributed by atoms with Gasteiger partial charge in [-0.05, 0) is 99.7 Å². The van der Waals surface area contributed by atoms with E-state index in [9.17, 15) is 27.7 Å². The Hall–Kier alpha value is -3.95. The first-order chi connectivity index (χ1) is 23.6. The standard InChI is InChI=1S/C37H46FN5O5S/c1-3-6-35(44)43-23-32(24-43)49(46,47)31-13-11-30(12-14-31)42-21-26(22-42)20-41-17-15-27(16-18-41)37(25-39,28-7-4-8-29(38)19-28)33-9-5-10-34(33)40-36(45)48-2/h3-4,6-8,11-14,19,26-27,32-34H,5,9-10,15-18,20-24H2,1-2H3,(H,40,45)/b6-3+/t33-,34-,37-/m0/s1. The second-order valence-electron chi connectivity index (χ2n) is 14.0. The second kappa shape index (κ2) is 14.5. The average molecular weight is 692 g/mol. The van der Waals surface area contributed by atoms with Crippen molar-refractivity contribution in [2.45, 2.75) is 60.6 Å². The summed E-state index contributed by atoms with van der Waals surface area (Å²) in [5.41, 5.74) is 0.762. The molecule has 10 nitrogen and oxygen atoms in total. The van der Waals surface area contributed by atoms with Crippen molar-refractivity contribution in [1.29, 1.82) is 5.26 Å². The van der Waals surface area contributed by atoms with Gasteiger partial charge in [0.1, 0.15) is 11.1 Å². The molecule has 0 unspecified atom stereocenters. The normalized spacial score (nSPS) is 23.8. The van der Waals surface area contributed by atoms with Crippen LogP contribution in [-0.4, -0.2) is 94.4 Å². The number of ether oxygens (including phenoxy) is 1. The van der Waals surface area contributed by atoms with E-state index in [1.807, 2.05) is 18.2 Å². The van der Waals surface area contributed by atoms with Crippen molar-refractivity contribution in [1.82, 2.24) is 15.1 Å². The number of halogens is 1. The molecule has 4 fully saturated rings. The third kappa shape index (κ3) is 6.93. The Morgan fingerprint density at radius 1 is 1.06 bits per heavy atom. The van der Waals surface area contributed by atoms with E-state index in [1.54, 1.807) is 36.1 Å². The zero-order valence-corrected chi connectivity index (χ0v) is 29.1. The number of hydrogen-bond acceptors (Lipinski definition) is 8. The molecule has 2 aromatic carbocycles. The lowest BCUT2D eigenvalue weighted by Crippen LogP contribution is -2.56. The van der Waals surface area contributed by atoms with Gasteiger partial charge in [-0.2, -0.15) is 5.26 Å². The van der Waals surface area contributed by atoms with Crippen LogP contribution in [0.2, 0.25) is 0 Å². The van der Waals surface area contributed by atoms with Crippen molar-refractivity contribution in [3.63, 3.8) is 0 Å². The van der Waals surface area contributed by atoms with Crippen LogP contribution in [0.3, 0.4) is 0 Å². The summed E-state index contributed by atoms with van der Waals surface area (Å²) in [6.45, 7) is 6.57. The molecule has 12 heteroatoms. The third-order valence-corrected chi connectivity index (χ3v) is 13.3. The van der Waals surface area contributed by atoms with Gasteiger partial charge in [-0.1, -0.05) is 24.6 Å². The maximum Gasteiger partial charge on any atom is 0.407 e. The van der Waals surface area contributed by atoms with Gasteiger partial charge in [0.2, 0.25) is 5.91 Å². The van der Waals surface area contributed by atoms with Gasteiger partial charge in [0, 0.05) is 56.3 Å². The van der Waals surface area contributed by atoms with Crippen LogP contribution in [0.5, 0.6) is 0 Å². The van der Waals surface area contributed by atoms with E-state index in [0.29, 0.717) is 11.5 Å². The van der Waals surface area contributed by atoms with E-state index in [1.165, 1.54) is 25.3 Å². The zero-order valence-electron chi connectivity index (χ0n) is 28.3. The minimum absolute atomic E-state index is 0.0185. The lowest BCUT2D eigenvalue weighted by Gasteiger charge is -2.48. The molecule has 0 aromatic heterocycles. The third-order valence-electron chi connectivity index (χ3n) is 11.2. The number of rotatable bonds is 10. The van der Waals surface area contributed by atoms with Gasteiger partial charge >= 0.3 is 6.09 Å². The Kier molecular flexibility index (Phi) is 10.3. The Bertz CT molecular complexity index is 1690. The predicted molar refractivity (Wildman–Crippen MR) is 184 cm³/mol. The molecule has 0 spiro atoms. The first kappa shape index (κ1) is 34.9. The Balaban J connectivity index is 1.04. The van der Waals surface area contributed by atoms with Gasteiger partial charge in [0.05, 0.1) is 23.5 Å². The van der Waals surface area contributed by atoms with E-state index in [4.69, 9.17) is 4.74 Å². The van der Waals surface area contributed by atoms with Crippen molar-refractivity contribution in [2.75, 3.05) is 57.8 Å². The summed E-state index contributed by atoms with van der Waals surface area (Å²) < 4.78 is 45.7. The quantitative estimate of drug-likeness (QED) is 0.361. The number of nitriles is 1. The number of likely N-dealkylation sites (tertiary alicyclic amines) is 2. The molecule has 3 saturated heterocycles. The van der Waals surface area contributed by atoms with Gasteiger partial charge < -0.3 is 24.8 Å². The Morgan fingerprint density at radius 3 is 2.41 bits per heavy atom. The van der Waals surface area contributed by atoms with Crippen LogP contribution in [0, 0.1) is 34.9 Å². The number of carbonyl (C=O) groups is 2. The van der Waals surface area contributed by atoms with Gasteiger partial charge in [0.15, 0.2) is 9.84 Å². The molecule has 49 heavy (non-hydrogen) atoms. The molecule has 1 aliphatic carbocycles. The van der Waals surface area contributed by atoms with E-state index >= 15 is 0 Å². The fourth-order valence-corrected chi connectivity index (χ4v) is 10.2. The number of nitrogens with zero attached hydrogens (tertiary/aromatic N) is 4. The van der Waals surface area contributed by atoms with Gasteiger partial charge in [0.25, 0.3) is 0 Å². The van der Waals surface area contributed by atoms with Crippen LogP contribution in [0.4, 0.5) is 14.9 Å². The van der Waals surface area contributed by atoms with Crippen molar-refractivity contribution < 1.29 is 27.1 Å². The molecule has 0 radical (unpaired) electrons. The minimum Gasteiger partial charge on any atom is -0.453 e. The Morgan fingerprint density at radius 2 is 1.78 bits per heavy atom. The van der Waals surface area contributed by atoms with Crippen LogP contribution < -0.4 is 10.2 Å². The highest BCUT2D eigenvalue weighted by molar-refractivity contribution is 7.92. The first-order valence-electron chi connectivity index (χ1n) is 17.3. The van der Waals surface area contributed by atoms with Crippen molar-refractivity contribution >= 4 is 27.5 Å². The number of carbonyl (C=O) groups excluding carboxylic acids is 2. The highest BCUT2D eigenvalue weighted by Gasteiger charge is 2.53. The Labute approximate surface area is 288 Å². The first-order valence-corrected chi connectivity index (χ1v) is 18.9. The molecule has 1 saturated carbocycles. The summed E-state index contributed by atoms with van der Waals surface area (Å²) in [6, 6.07) is 16.0. The van der Waals surface area contributed by atoms with Gasteiger partial charge in [-0.15, -0.1) is 0 Å². The monoisotopic (exact) mass is 691 g/mol. The second-order valence-corrected chi connectivity index (χ2v) is 16.2. The van der Waals surface area contributed by atoms with Crippen LogP contribution in [0.15, 0.2) is 65.6 Å². The van der Waals surface area contributed by atoms with Crippen molar-refractivity contribution in [2.24, 2.45) is 17.8 Å². The molecule has 2 aromatic rings. The molecule has 2 amide bonds. The largest absolute Gasteiger partial charge is 0.453 e. The summed E-state index contributed by atoms with van der Waals surface area (Å²) in [5.74, 6) is -0.174. The molecule has 3 heterocycles. The van der Waals surface area contributed by atoms with Gasteiger partial charge in [-0.25, -0.2) is 17.6 Å². The van der Waals surface area contributed by atoms with Crippen LogP contribution in [-0.2, 0) is 24.8 Å².